The van der Waals surface area contributed by atoms with Gasteiger partial charge in [0.25, 0.3) is 0 Å². The summed E-state index contributed by atoms with van der Waals surface area (Å²) >= 11 is 6.95. The van der Waals surface area contributed by atoms with Crippen LogP contribution in [-0.2, 0) is 5.33 Å². The molecular weight excluding hydrogens is 356 g/mol. The highest BCUT2D eigenvalue weighted by Crippen LogP contribution is 2.30. The van der Waals surface area contributed by atoms with Gasteiger partial charge < -0.3 is 4.74 Å². The fourth-order valence-electron chi connectivity index (χ4n) is 1.64. The lowest BCUT2D eigenvalue weighted by Gasteiger charge is -2.11. The summed E-state index contributed by atoms with van der Waals surface area (Å²) in [5.41, 5.74) is 3.65. The van der Waals surface area contributed by atoms with Crippen molar-refractivity contribution in [3.05, 3.63) is 57.6 Å². The van der Waals surface area contributed by atoms with Crippen LogP contribution in [0.4, 0.5) is 0 Å². The van der Waals surface area contributed by atoms with Gasteiger partial charge in [-0.3, -0.25) is 0 Å². The normalized spacial score (nSPS) is 10.4. The highest BCUT2D eigenvalue weighted by Gasteiger charge is 2.05. The van der Waals surface area contributed by atoms with Gasteiger partial charge in [-0.2, -0.15) is 0 Å². The third-order valence-corrected chi connectivity index (χ3v) is 3.98. The van der Waals surface area contributed by atoms with Crippen molar-refractivity contribution in [2.45, 2.75) is 19.2 Å². The molecule has 0 radical (unpaired) electrons. The number of aryl methyl sites for hydroxylation is 2. The number of halogens is 2. The summed E-state index contributed by atoms with van der Waals surface area (Å²) in [4.78, 5) is 0. The zero-order chi connectivity index (χ0) is 13.1. The quantitative estimate of drug-likeness (QED) is 0.625. The van der Waals surface area contributed by atoms with E-state index in [4.69, 9.17) is 4.74 Å². The SMILES string of the molecule is Cc1ccc(Oc2cc(Br)ccc2CBr)cc1C. The average molecular weight is 370 g/mol. The van der Waals surface area contributed by atoms with E-state index < -0.39 is 0 Å². The van der Waals surface area contributed by atoms with Crippen molar-refractivity contribution in [2.24, 2.45) is 0 Å². The summed E-state index contributed by atoms with van der Waals surface area (Å²) in [5.74, 6) is 1.75. The summed E-state index contributed by atoms with van der Waals surface area (Å²) in [7, 11) is 0. The lowest BCUT2D eigenvalue weighted by atomic mass is 10.1. The minimum absolute atomic E-state index is 0.778. The van der Waals surface area contributed by atoms with E-state index in [1.807, 2.05) is 18.2 Å². The van der Waals surface area contributed by atoms with Gasteiger partial charge in [0, 0.05) is 15.4 Å². The molecule has 0 aliphatic rings. The molecule has 0 saturated heterocycles. The van der Waals surface area contributed by atoms with Gasteiger partial charge in [-0.05, 0) is 49.2 Å². The van der Waals surface area contributed by atoms with Gasteiger partial charge in [0.1, 0.15) is 11.5 Å². The average Bonchev–Trinajstić information content (AvgIpc) is 2.34. The van der Waals surface area contributed by atoms with Crippen LogP contribution in [0.2, 0.25) is 0 Å². The van der Waals surface area contributed by atoms with Gasteiger partial charge in [-0.25, -0.2) is 0 Å². The highest BCUT2D eigenvalue weighted by atomic mass is 79.9. The predicted molar refractivity (Wildman–Crippen MR) is 82.8 cm³/mol. The molecule has 0 heterocycles. The molecule has 0 unspecified atom stereocenters. The summed E-state index contributed by atoms with van der Waals surface area (Å²) in [6.45, 7) is 4.19. The summed E-state index contributed by atoms with van der Waals surface area (Å²) in [6.07, 6.45) is 0. The number of alkyl halides is 1. The Bertz CT molecular complexity index is 564. The minimum atomic E-state index is 0.778. The van der Waals surface area contributed by atoms with Crippen molar-refractivity contribution in [1.82, 2.24) is 0 Å². The molecule has 94 valence electrons. The first-order valence-electron chi connectivity index (χ1n) is 5.69. The Morgan fingerprint density at radius 1 is 1.00 bits per heavy atom. The molecule has 18 heavy (non-hydrogen) atoms. The summed E-state index contributed by atoms with van der Waals surface area (Å²) in [5, 5.41) is 0.778. The predicted octanol–water partition coefficient (Wildman–Crippen LogP) is 5.75. The zero-order valence-electron chi connectivity index (χ0n) is 10.3. The van der Waals surface area contributed by atoms with Crippen molar-refractivity contribution >= 4 is 31.9 Å². The van der Waals surface area contributed by atoms with Gasteiger partial charge in [-0.1, -0.05) is 44.0 Å². The number of hydrogen-bond acceptors (Lipinski definition) is 1. The Labute approximate surface area is 124 Å². The second-order valence-corrected chi connectivity index (χ2v) is 5.71. The fraction of sp³-hybridized carbons (Fsp3) is 0.200. The molecule has 0 aliphatic carbocycles. The maximum atomic E-state index is 5.96. The fourth-order valence-corrected chi connectivity index (χ4v) is 2.44. The van der Waals surface area contributed by atoms with Crippen LogP contribution in [0.5, 0.6) is 11.5 Å². The highest BCUT2D eigenvalue weighted by molar-refractivity contribution is 9.10. The molecule has 0 amide bonds. The molecule has 0 bridgehead atoms. The van der Waals surface area contributed by atoms with Crippen molar-refractivity contribution < 1.29 is 4.74 Å². The first kappa shape index (κ1) is 13.6. The topological polar surface area (TPSA) is 9.23 Å². The monoisotopic (exact) mass is 368 g/mol. The summed E-state index contributed by atoms with van der Waals surface area (Å²) < 4.78 is 6.98. The van der Waals surface area contributed by atoms with Gasteiger partial charge in [0.05, 0.1) is 0 Å². The Morgan fingerprint density at radius 2 is 1.78 bits per heavy atom. The number of rotatable bonds is 3. The Kier molecular flexibility index (Phi) is 4.46. The van der Waals surface area contributed by atoms with E-state index in [0.717, 1.165) is 26.9 Å². The molecule has 3 heteroatoms. The molecule has 2 aromatic carbocycles. The van der Waals surface area contributed by atoms with Crippen molar-refractivity contribution in [2.75, 3.05) is 0 Å². The zero-order valence-corrected chi connectivity index (χ0v) is 13.5. The van der Waals surface area contributed by atoms with Gasteiger partial charge >= 0.3 is 0 Å². The standard InChI is InChI=1S/C15H14Br2O/c1-10-3-6-14(7-11(10)2)18-15-8-13(17)5-4-12(15)9-16/h3-8H,9H2,1-2H3. The van der Waals surface area contributed by atoms with E-state index in [1.54, 1.807) is 0 Å². The molecule has 2 aromatic rings. The molecule has 2 rings (SSSR count). The van der Waals surface area contributed by atoms with Crippen LogP contribution in [0.1, 0.15) is 16.7 Å². The van der Waals surface area contributed by atoms with Crippen LogP contribution in [0.25, 0.3) is 0 Å². The van der Waals surface area contributed by atoms with Crippen LogP contribution in [0.15, 0.2) is 40.9 Å². The van der Waals surface area contributed by atoms with Gasteiger partial charge in [0.2, 0.25) is 0 Å². The summed E-state index contributed by atoms with van der Waals surface area (Å²) in [6, 6.07) is 12.2. The van der Waals surface area contributed by atoms with E-state index in [0.29, 0.717) is 0 Å². The second kappa shape index (κ2) is 5.89. The molecule has 0 fully saturated rings. The van der Waals surface area contributed by atoms with Crippen molar-refractivity contribution in [3.8, 4) is 11.5 Å². The van der Waals surface area contributed by atoms with Crippen LogP contribution in [0.3, 0.4) is 0 Å². The van der Waals surface area contributed by atoms with E-state index in [-0.39, 0.29) is 0 Å². The second-order valence-electron chi connectivity index (χ2n) is 4.23. The molecule has 0 aliphatic heterocycles. The minimum Gasteiger partial charge on any atom is -0.457 e. The van der Waals surface area contributed by atoms with E-state index >= 15 is 0 Å². The Balaban J connectivity index is 2.33. The maximum absolute atomic E-state index is 5.96. The molecule has 1 nitrogen and oxygen atoms in total. The third kappa shape index (κ3) is 3.15. The first-order chi connectivity index (χ1) is 8.60. The van der Waals surface area contributed by atoms with Crippen LogP contribution in [-0.4, -0.2) is 0 Å². The van der Waals surface area contributed by atoms with E-state index in [1.165, 1.54) is 11.1 Å². The maximum Gasteiger partial charge on any atom is 0.132 e. The van der Waals surface area contributed by atoms with E-state index in [2.05, 4.69) is 63.9 Å². The largest absolute Gasteiger partial charge is 0.457 e. The number of ether oxygens (including phenoxy) is 1. The van der Waals surface area contributed by atoms with Gasteiger partial charge in [-0.15, -0.1) is 0 Å². The van der Waals surface area contributed by atoms with Crippen LogP contribution < -0.4 is 4.74 Å². The molecular formula is C15H14Br2O. The van der Waals surface area contributed by atoms with Crippen molar-refractivity contribution in [3.63, 3.8) is 0 Å². The Morgan fingerprint density at radius 3 is 2.44 bits per heavy atom. The first-order valence-corrected chi connectivity index (χ1v) is 7.61. The van der Waals surface area contributed by atoms with Crippen molar-refractivity contribution in [1.29, 1.82) is 0 Å². The van der Waals surface area contributed by atoms with Gasteiger partial charge in [0.15, 0.2) is 0 Å². The molecule has 0 aromatic heterocycles. The number of hydrogen-bond donors (Lipinski definition) is 0. The molecule has 0 spiro atoms. The molecule has 0 saturated carbocycles. The van der Waals surface area contributed by atoms with Crippen LogP contribution >= 0.6 is 31.9 Å². The van der Waals surface area contributed by atoms with E-state index in [9.17, 15) is 0 Å². The Hall–Kier alpha value is -0.800. The molecule has 0 atom stereocenters. The number of benzene rings is 2. The lowest BCUT2D eigenvalue weighted by molar-refractivity contribution is 0.477. The molecule has 0 N–H and O–H groups in total. The smallest absolute Gasteiger partial charge is 0.132 e. The van der Waals surface area contributed by atoms with Crippen LogP contribution in [0, 0.1) is 13.8 Å². The third-order valence-electron chi connectivity index (χ3n) is 2.88. The lowest BCUT2D eigenvalue weighted by Crippen LogP contribution is -1.91.